The first-order valence-corrected chi connectivity index (χ1v) is 10.8. The van der Waals surface area contributed by atoms with Crippen LogP contribution in [0.5, 0.6) is 11.5 Å². The molecule has 3 amide bonds. The Balaban J connectivity index is 1.67. The Hall–Kier alpha value is -3.75. The molecule has 0 bridgehead atoms. The van der Waals surface area contributed by atoms with Crippen LogP contribution in [0.2, 0.25) is 0 Å². The molecule has 1 aliphatic heterocycles. The maximum Gasteiger partial charge on any atom is 0.316 e. The van der Waals surface area contributed by atoms with Gasteiger partial charge in [0.05, 0.1) is 25.2 Å². The van der Waals surface area contributed by atoms with Crippen LogP contribution in [0.3, 0.4) is 0 Å². The van der Waals surface area contributed by atoms with Crippen molar-refractivity contribution in [1.82, 2.24) is 20.8 Å². The number of carbonyl (C=O) groups excluding carboxylic acids is 3. The fourth-order valence-electron chi connectivity index (χ4n) is 3.34. The minimum Gasteiger partial charge on any atom is -0.486 e. The Labute approximate surface area is 199 Å². The van der Waals surface area contributed by atoms with Gasteiger partial charge in [-0.15, -0.1) is 0 Å². The van der Waals surface area contributed by atoms with Gasteiger partial charge in [0.2, 0.25) is 11.8 Å². The molecule has 190 valence electrons. The highest BCUT2D eigenvalue weighted by Gasteiger charge is 2.29. The lowest BCUT2D eigenvalue weighted by Gasteiger charge is -2.23. The van der Waals surface area contributed by atoms with E-state index in [9.17, 15) is 19.5 Å². The Morgan fingerprint density at radius 1 is 1.17 bits per heavy atom. The van der Waals surface area contributed by atoms with Crippen molar-refractivity contribution in [2.24, 2.45) is 11.5 Å². The second kappa shape index (κ2) is 11.6. The summed E-state index contributed by atoms with van der Waals surface area (Å²) in [6, 6.07) is 0.832. The molecule has 0 saturated carbocycles. The third-order valence-electron chi connectivity index (χ3n) is 5.10. The third kappa shape index (κ3) is 6.88. The number of aliphatic hydroxyl groups is 2. The number of aromatic nitrogens is 2. The zero-order chi connectivity index (χ0) is 25.5. The van der Waals surface area contributed by atoms with Crippen molar-refractivity contribution in [3.05, 3.63) is 35.5 Å². The van der Waals surface area contributed by atoms with Gasteiger partial charge in [-0.25, -0.2) is 4.79 Å². The monoisotopic (exact) mass is 492 g/mol. The van der Waals surface area contributed by atoms with E-state index in [1.807, 2.05) is 0 Å². The first kappa shape index (κ1) is 25.9. The minimum atomic E-state index is -1.27. The van der Waals surface area contributed by atoms with E-state index in [1.54, 1.807) is 18.2 Å². The molecule has 0 fully saturated rings. The highest BCUT2D eigenvalue weighted by atomic mass is 16.6. The molecule has 1 aliphatic rings. The number of nitrogens with one attached hydrogen (secondary N) is 2. The number of nitrogens with two attached hydrogens (primary N) is 2. The summed E-state index contributed by atoms with van der Waals surface area (Å²) in [5.41, 5.74) is 11.5. The summed E-state index contributed by atoms with van der Waals surface area (Å²) >= 11 is 0. The van der Waals surface area contributed by atoms with E-state index in [0.29, 0.717) is 30.3 Å². The van der Waals surface area contributed by atoms with Crippen molar-refractivity contribution in [3.63, 3.8) is 0 Å². The van der Waals surface area contributed by atoms with Crippen molar-refractivity contribution in [2.45, 2.75) is 44.0 Å². The van der Waals surface area contributed by atoms with Crippen LogP contribution in [-0.2, 0) is 16.0 Å². The Kier molecular flexibility index (Phi) is 8.57. The van der Waals surface area contributed by atoms with E-state index in [-0.39, 0.29) is 18.1 Å². The standard InChI is InChI=1S/C21H28N6O8/c1-10(29)18(14(30)6-11-2-3-15-16(7-11)34-5-4-33-15)25-21(32)24-13(8-17(23)31)20-26-19(27-35-20)12(22)9-28/h2-3,7,10,12-13,18,28-29H,4-6,8-9,22H2,1H3,(H2,23,31)(H2,24,25,32)/t10?,12-,13-,18-/m0/s1. The number of aliphatic hydroxyl groups excluding tert-OH is 2. The number of nitrogens with zero attached hydrogens (tertiary/aromatic N) is 2. The summed E-state index contributed by atoms with van der Waals surface area (Å²) in [6.07, 6.45) is -1.71. The zero-order valence-electron chi connectivity index (χ0n) is 19.0. The smallest absolute Gasteiger partial charge is 0.316 e. The van der Waals surface area contributed by atoms with E-state index in [1.165, 1.54) is 6.92 Å². The maximum absolute atomic E-state index is 12.9. The number of rotatable bonds is 11. The quantitative estimate of drug-likeness (QED) is 0.214. The summed E-state index contributed by atoms with van der Waals surface area (Å²) in [7, 11) is 0. The number of amides is 3. The first-order valence-electron chi connectivity index (χ1n) is 10.8. The lowest BCUT2D eigenvalue weighted by molar-refractivity contribution is -0.122. The molecule has 0 aliphatic carbocycles. The number of hydrogen-bond donors (Lipinski definition) is 6. The molecule has 3 rings (SSSR count). The lowest BCUT2D eigenvalue weighted by atomic mass is 10.00. The Morgan fingerprint density at radius 2 is 1.89 bits per heavy atom. The van der Waals surface area contributed by atoms with Crippen LogP contribution in [0.15, 0.2) is 22.7 Å². The Morgan fingerprint density at radius 3 is 2.54 bits per heavy atom. The number of fused-ring (bicyclic) bond motifs is 1. The van der Waals surface area contributed by atoms with E-state index < -0.39 is 55.0 Å². The molecular weight excluding hydrogens is 464 g/mol. The summed E-state index contributed by atoms with van der Waals surface area (Å²) in [6.45, 7) is 1.73. The van der Waals surface area contributed by atoms with Crippen LogP contribution >= 0.6 is 0 Å². The number of ether oxygens (including phenoxy) is 2. The predicted octanol–water partition coefficient (Wildman–Crippen LogP) is -1.39. The maximum atomic E-state index is 12.9. The van der Waals surface area contributed by atoms with Gasteiger partial charge in [0, 0.05) is 6.42 Å². The van der Waals surface area contributed by atoms with E-state index in [2.05, 4.69) is 20.8 Å². The first-order chi connectivity index (χ1) is 16.7. The summed E-state index contributed by atoms with van der Waals surface area (Å²) in [4.78, 5) is 41.0. The van der Waals surface area contributed by atoms with E-state index in [4.69, 9.17) is 30.6 Å². The minimum absolute atomic E-state index is 0.0318. The second-order valence-corrected chi connectivity index (χ2v) is 7.96. The fraction of sp³-hybridized carbons (Fsp3) is 0.476. The van der Waals surface area contributed by atoms with Gasteiger partial charge < -0.3 is 46.3 Å². The SMILES string of the molecule is CC(O)[C@H](NC(=O)N[C@@H](CC(N)=O)c1nc([C@@H](N)CO)no1)C(=O)Cc1ccc2c(c1)OCCO2. The number of Topliss-reactive ketones (excluding diaryl/α,β-unsaturated/α-hetero) is 1. The summed E-state index contributed by atoms with van der Waals surface area (Å²) in [5, 5.41) is 27.7. The van der Waals surface area contributed by atoms with Gasteiger partial charge in [-0.3, -0.25) is 9.59 Å². The number of ketones is 1. The number of primary amides is 1. The van der Waals surface area contributed by atoms with Crippen LogP contribution in [0.1, 0.15) is 42.7 Å². The molecule has 0 radical (unpaired) electrons. The molecule has 4 atom stereocenters. The zero-order valence-corrected chi connectivity index (χ0v) is 19.0. The van der Waals surface area contributed by atoms with Crippen LogP contribution in [0.25, 0.3) is 0 Å². The highest BCUT2D eigenvalue weighted by molar-refractivity contribution is 5.90. The van der Waals surface area contributed by atoms with Crippen molar-refractivity contribution in [1.29, 1.82) is 0 Å². The molecule has 2 heterocycles. The normalized spacial score (nSPS) is 16.0. The molecule has 14 nitrogen and oxygen atoms in total. The van der Waals surface area contributed by atoms with Crippen molar-refractivity contribution < 1.29 is 38.6 Å². The summed E-state index contributed by atoms with van der Waals surface area (Å²) < 4.78 is 16.0. The molecule has 35 heavy (non-hydrogen) atoms. The van der Waals surface area contributed by atoms with Gasteiger partial charge in [0.15, 0.2) is 23.1 Å². The predicted molar refractivity (Wildman–Crippen MR) is 118 cm³/mol. The van der Waals surface area contributed by atoms with Gasteiger partial charge in [-0.1, -0.05) is 11.2 Å². The Bertz CT molecular complexity index is 1060. The van der Waals surface area contributed by atoms with Crippen molar-refractivity contribution in [3.8, 4) is 11.5 Å². The topological polar surface area (TPSA) is 225 Å². The van der Waals surface area contributed by atoms with E-state index >= 15 is 0 Å². The molecule has 1 unspecified atom stereocenters. The average Bonchev–Trinajstić information content (AvgIpc) is 3.31. The lowest BCUT2D eigenvalue weighted by Crippen LogP contribution is -2.52. The van der Waals surface area contributed by atoms with Crippen LogP contribution in [0.4, 0.5) is 4.79 Å². The number of benzene rings is 1. The largest absolute Gasteiger partial charge is 0.486 e. The second-order valence-electron chi connectivity index (χ2n) is 7.96. The molecule has 8 N–H and O–H groups in total. The molecule has 1 aromatic carbocycles. The van der Waals surface area contributed by atoms with Gasteiger partial charge >= 0.3 is 6.03 Å². The average molecular weight is 492 g/mol. The van der Waals surface area contributed by atoms with Crippen LogP contribution in [0, 0.1) is 0 Å². The van der Waals surface area contributed by atoms with Gasteiger partial charge in [-0.2, -0.15) is 4.98 Å². The molecule has 1 aromatic heterocycles. The molecule has 0 saturated heterocycles. The number of urea groups is 1. The van der Waals surface area contributed by atoms with Crippen LogP contribution in [-0.4, -0.2) is 70.0 Å². The molecule has 0 spiro atoms. The van der Waals surface area contributed by atoms with Gasteiger partial charge in [0.1, 0.15) is 25.3 Å². The molecule has 14 heteroatoms. The fourth-order valence-corrected chi connectivity index (χ4v) is 3.34. The summed E-state index contributed by atoms with van der Waals surface area (Å²) in [5.74, 6) is -0.364. The van der Waals surface area contributed by atoms with Crippen molar-refractivity contribution >= 4 is 17.7 Å². The third-order valence-corrected chi connectivity index (χ3v) is 5.10. The van der Waals surface area contributed by atoms with Gasteiger partial charge in [0.25, 0.3) is 0 Å². The van der Waals surface area contributed by atoms with Gasteiger partial charge in [-0.05, 0) is 24.6 Å². The van der Waals surface area contributed by atoms with E-state index in [0.717, 1.165) is 0 Å². The van der Waals surface area contributed by atoms with Crippen LogP contribution < -0.4 is 31.6 Å². The molecule has 2 aromatic rings. The van der Waals surface area contributed by atoms with Crippen molar-refractivity contribution in [2.75, 3.05) is 19.8 Å². The highest BCUT2D eigenvalue weighted by Crippen LogP contribution is 2.31. The number of hydrogen-bond acceptors (Lipinski definition) is 11. The number of carbonyl (C=O) groups is 3. The molecular formula is C21H28N6O8.